The van der Waals surface area contributed by atoms with Crippen LogP contribution in [0, 0.1) is 0 Å². The van der Waals surface area contributed by atoms with Crippen molar-refractivity contribution in [1.82, 2.24) is 9.88 Å². The second-order valence-electron chi connectivity index (χ2n) is 8.83. The normalized spacial score (nSPS) is 19.0. The van der Waals surface area contributed by atoms with E-state index in [2.05, 4.69) is 64.9 Å². The number of nitrogens with one attached hydrogen (secondary N) is 1. The minimum Gasteiger partial charge on any atom is -0.366 e. The van der Waals surface area contributed by atoms with E-state index < -0.39 is 0 Å². The van der Waals surface area contributed by atoms with Gasteiger partial charge in [-0.3, -0.25) is 19.8 Å². The first-order valence-corrected chi connectivity index (χ1v) is 11.4. The molecule has 0 spiro atoms. The van der Waals surface area contributed by atoms with Gasteiger partial charge in [0.1, 0.15) is 5.84 Å². The van der Waals surface area contributed by atoms with Crippen LogP contribution in [0.15, 0.2) is 52.7 Å². The average molecular weight is 433 g/mol. The van der Waals surface area contributed by atoms with Gasteiger partial charge in [0.2, 0.25) is 0 Å². The molecule has 1 atom stereocenters. The third kappa shape index (κ3) is 4.82. The fraction of sp³-hybridized carbons (Fsp3) is 0.440. The largest absolute Gasteiger partial charge is 0.366 e. The number of amides is 1. The number of pyridine rings is 1. The molecule has 1 N–H and O–H groups in total. The lowest BCUT2D eigenvalue weighted by molar-refractivity contribution is 0.102. The van der Waals surface area contributed by atoms with E-state index in [1.54, 1.807) is 24.5 Å². The van der Waals surface area contributed by atoms with Crippen LogP contribution in [0.1, 0.15) is 49.5 Å². The topological polar surface area (TPSA) is 73.2 Å². The number of nitrogens with zero attached hydrogens (tertiary/aromatic N) is 5. The molecule has 168 valence electrons. The summed E-state index contributed by atoms with van der Waals surface area (Å²) >= 11 is 0. The Labute approximate surface area is 190 Å². The van der Waals surface area contributed by atoms with Crippen LogP contribution in [0.5, 0.6) is 0 Å². The number of rotatable bonds is 4. The average Bonchev–Trinajstić information content (AvgIpc) is 2.81. The highest BCUT2D eigenvalue weighted by molar-refractivity contribution is 6.40. The van der Waals surface area contributed by atoms with Crippen LogP contribution < -0.4 is 10.2 Å². The van der Waals surface area contributed by atoms with E-state index in [4.69, 9.17) is 4.99 Å². The van der Waals surface area contributed by atoms with Gasteiger partial charge in [0.25, 0.3) is 5.91 Å². The first-order chi connectivity index (χ1) is 15.4. The summed E-state index contributed by atoms with van der Waals surface area (Å²) in [5, 5.41) is 3.10. The van der Waals surface area contributed by atoms with Crippen LogP contribution in [0.25, 0.3) is 0 Å². The first-order valence-electron chi connectivity index (χ1n) is 11.4. The fourth-order valence-electron chi connectivity index (χ4n) is 4.12. The lowest BCUT2D eigenvalue weighted by Gasteiger charge is -2.39. The van der Waals surface area contributed by atoms with Crippen LogP contribution in [0.3, 0.4) is 0 Å². The quantitative estimate of drug-likeness (QED) is 0.797. The SMILES string of the molecule is CC1=NCC(C)N=C1N1CCN(c2cc(C(C)C)ccc2NC(=O)c2cccnc2)CC1. The maximum Gasteiger partial charge on any atom is 0.257 e. The zero-order valence-electron chi connectivity index (χ0n) is 19.4. The Balaban J connectivity index is 1.54. The van der Waals surface area contributed by atoms with Crippen molar-refractivity contribution in [2.75, 3.05) is 42.9 Å². The van der Waals surface area contributed by atoms with Crippen molar-refractivity contribution in [3.63, 3.8) is 0 Å². The van der Waals surface area contributed by atoms with Crippen LogP contribution in [0.4, 0.5) is 11.4 Å². The number of aliphatic imine (C=N–C) groups is 2. The molecule has 1 aromatic carbocycles. The second kappa shape index (κ2) is 9.51. The minimum atomic E-state index is -0.146. The summed E-state index contributed by atoms with van der Waals surface area (Å²) in [5.41, 5.74) is 4.74. The molecule has 0 bridgehead atoms. The molecule has 1 amide bonds. The van der Waals surface area contributed by atoms with E-state index in [1.165, 1.54) is 5.56 Å². The molecule has 2 aromatic rings. The molecule has 4 rings (SSSR count). The van der Waals surface area contributed by atoms with Gasteiger partial charge < -0.3 is 15.1 Å². The highest BCUT2D eigenvalue weighted by Crippen LogP contribution is 2.31. The Morgan fingerprint density at radius 2 is 1.88 bits per heavy atom. The van der Waals surface area contributed by atoms with Crippen molar-refractivity contribution in [3.05, 3.63) is 53.9 Å². The van der Waals surface area contributed by atoms with Crippen LogP contribution in [-0.2, 0) is 0 Å². The van der Waals surface area contributed by atoms with Crippen molar-refractivity contribution in [3.8, 4) is 0 Å². The number of carbonyl (C=O) groups excluding carboxylic acids is 1. The highest BCUT2D eigenvalue weighted by Gasteiger charge is 2.25. The van der Waals surface area contributed by atoms with Gasteiger partial charge in [0, 0.05) is 38.6 Å². The van der Waals surface area contributed by atoms with E-state index in [1.807, 2.05) is 6.07 Å². The van der Waals surface area contributed by atoms with Crippen molar-refractivity contribution < 1.29 is 4.79 Å². The minimum absolute atomic E-state index is 0.146. The van der Waals surface area contributed by atoms with Crippen molar-refractivity contribution in [2.45, 2.75) is 39.7 Å². The number of piperazine rings is 1. The number of hydrogen-bond acceptors (Lipinski definition) is 6. The molecule has 1 fully saturated rings. The van der Waals surface area contributed by atoms with E-state index in [9.17, 15) is 4.79 Å². The van der Waals surface area contributed by atoms with Crippen molar-refractivity contribution in [2.24, 2.45) is 9.98 Å². The molecular formula is C25H32N6O. The number of carbonyl (C=O) groups is 1. The lowest BCUT2D eigenvalue weighted by Crippen LogP contribution is -2.51. The number of hydrogen-bond donors (Lipinski definition) is 1. The van der Waals surface area contributed by atoms with Crippen LogP contribution in [0.2, 0.25) is 0 Å². The molecule has 1 saturated heterocycles. The maximum atomic E-state index is 12.8. The summed E-state index contributed by atoms with van der Waals surface area (Å²) in [5.74, 6) is 1.30. The molecule has 2 aliphatic heterocycles. The van der Waals surface area contributed by atoms with E-state index >= 15 is 0 Å². The fourth-order valence-corrected chi connectivity index (χ4v) is 4.12. The van der Waals surface area contributed by atoms with Gasteiger partial charge in [0.05, 0.1) is 35.2 Å². The Morgan fingerprint density at radius 1 is 1.12 bits per heavy atom. The van der Waals surface area contributed by atoms with E-state index in [-0.39, 0.29) is 11.9 Å². The van der Waals surface area contributed by atoms with Gasteiger partial charge >= 0.3 is 0 Å². The molecule has 3 heterocycles. The summed E-state index contributed by atoms with van der Waals surface area (Å²) in [6.45, 7) is 12.8. The third-order valence-corrected chi connectivity index (χ3v) is 6.04. The number of aromatic nitrogens is 1. The first kappa shape index (κ1) is 22.0. The summed E-state index contributed by atoms with van der Waals surface area (Å²) < 4.78 is 0. The summed E-state index contributed by atoms with van der Waals surface area (Å²) in [6.07, 6.45) is 3.26. The molecule has 1 aromatic heterocycles. The Kier molecular flexibility index (Phi) is 6.53. The lowest BCUT2D eigenvalue weighted by atomic mass is 10.0. The van der Waals surface area contributed by atoms with Crippen molar-refractivity contribution >= 4 is 28.8 Å². The third-order valence-electron chi connectivity index (χ3n) is 6.04. The molecule has 0 radical (unpaired) electrons. The molecule has 0 aliphatic carbocycles. The molecule has 32 heavy (non-hydrogen) atoms. The standard InChI is InChI=1S/C25H32N6O/c1-17(2)20-7-8-22(29-25(32)21-6-5-9-26-16-21)23(14-20)30-10-12-31(13-11-30)24-19(4)27-15-18(3)28-24/h5-9,14,16-18H,10-13,15H2,1-4H3,(H,29,32). The molecule has 2 aliphatic rings. The van der Waals surface area contributed by atoms with E-state index in [0.29, 0.717) is 11.5 Å². The van der Waals surface area contributed by atoms with Gasteiger partial charge in [-0.15, -0.1) is 0 Å². The van der Waals surface area contributed by atoms with E-state index in [0.717, 1.165) is 55.6 Å². The van der Waals surface area contributed by atoms with Gasteiger partial charge in [-0.25, -0.2) is 0 Å². The molecule has 0 saturated carbocycles. The monoisotopic (exact) mass is 432 g/mol. The summed E-state index contributed by atoms with van der Waals surface area (Å²) in [6, 6.07) is 10.1. The Morgan fingerprint density at radius 3 is 2.56 bits per heavy atom. The van der Waals surface area contributed by atoms with Crippen LogP contribution in [-0.4, -0.2) is 66.1 Å². The summed E-state index contributed by atoms with van der Waals surface area (Å²) in [7, 11) is 0. The molecule has 7 nitrogen and oxygen atoms in total. The van der Waals surface area contributed by atoms with Gasteiger partial charge in [-0.2, -0.15) is 0 Å². The highest BCUT2D eigenvalue weighted by atomic mass is 16.1. The van der Waals surface area contributed by atoms with Crippen molar-refractivity contribution in [1.29, 1.82) is 0 Å². The predicted molar refractivity (Wildman–Crippen MR) is 131 cm³/mol. The van der Waals surface area contributed by atoms with Gasteiger partial charge in [0.15, 0.2) is 0 Å². The van der Waals surface area contributed by atoms with Gasteiger partial charge in [-0.05, 0) is 49.6 Å². The number of benzene rings is 1. The molecule has 1 unspecified atom stereocenters. The second-order valence-corrected chi connectivity index (χ2v) is 8.83. The zero-order chi connectivity index (χ0) is 22.7. The summed E-state index contributed by atoms with van der Waals surface area (Å²) in [4.78, 5) is 31.0. The maximum absolute atomic E-state index is 12.8. The van der Waals surface area contributed by atoms with Gasteiger partial charge in [-0.1, -0.05) is 19.9 Å². The molecular weight excluding hydrogens is 400 g/mol. The smallest absolute Gasteiger partial charge is 0.257 e. The van der Waals surface area contributed by atoms with Crippen LogP contribution >= 0.6 is 0 Å². The Bertz CT molecular complexity index is 1020. The predicted octanol–water partition coefficient (Wildman–Crippen LogP) is 3.84. The molecule has 7 heteroatoms. The zero-order valence-corrected chi connectivity index (χ0v) is 19.4. The Hall–Kier alpha value is -3.22. The number of anilines is 2. The number of amidine groups is 1.